The van der Waals surface area contributed by atoms with Crippen LogP contribution in [0.1, 0.15) is 30.9 Å². The van der Waals surface area contributed by atoms with Crippen LogP contribution in [-0.4, -0.2) is 26.4 Å². The summed E-state index contributed by atoms with van der Waals surface area (Å²) < 4.78 is 1.88. The fourth-order valence-corrected chi connectivity index (χ4v) is 3.21. The molecule has 0 aliphatic carbocycles. The van der Waals surface area contributed by atoms with Crippen LogP contribution >= 0.6 is 11.8 Å². The van der Waals surface area contributed by atoms with Gasteiger partial charge in [-0.05, 0) is 42.7 Å². The number of aryl methyl sites for hydroxylation is 1. The lowest BCUT2D eigenvalue weighted by molar-refractivity contribution is -0.113. The standard InChI is InChI=1S/C20H22N4OS/c1-14(2)16-6-8-17(9-7-16)22-19(25)12-26-20-23-21-13-24(20)18-10-4-15(3)5-11-18/h4-11,13-14H,12H2,1-3H3,(H,22,25). The van der Waals surface area contributed by atoms with Crippen molar-refractivity contribution in [1.82, 2.24) is 14.8 Å². The second kappa shape index (κ2) is 8.19. The monoisotopic (exact) mass is 366 g/mol. The summed E-state index contributed by atoms with van der Waals surface area (Å²) >= 11 is 1.37. The Labute approximate surface area is 157 Å². The molecule has 1 N–H and O–H groups in total. The van der Waals surface area contributed by atoms with Gasteiger partial charge in [0.25, 0.3) is 0 Å². The highest BCUT2D eigenvalue weighted by Gasteiger charge is 2.10. The van der Waals surface area contributed by atoms with Crippen molar-refractivity contribution in [3.05, 3.63) is 66.0 Å². The fourth-order valence-electron chi connectivity index (χ4n) is 2.48. The third kappa shape index (κ3) is 4.52. The smallest absolute Gasteiger partial charge is 0.234 e. The maximum absolute atomic E-state index is 12.2. The van der Waals surface area contributed by atoms with Crippen LogP contribution in [0.3, 0.4) is 0 Å². The summed E-state index contributed by atoms with van der Waals surface area (Å²) in [5, 5.41) is 11.7. The van der Waals surface area contributed by atoms with E-state index in [1.54, 1.807) is 6.33 Å². The van der Waals surface area contributed by atoms with Gasteiger partial charge in [0, 0.05) is 11.4 Å². The van der Waals surface area contributed by atoms with Crippen molar-refractivity contribution < 1.29 is 4.79 Å². The summed E-state index contributed by atoms with van der Waals surface area (Å²) in [6.45, 7) is 6.34. The molecule has 3 aromatic rings. The van der Waals surface area contributed by atoms with Gasteiger partial charge in [0.2, 0.25) is 5.91 Å². The van der Waals surface area contributed by atoms with Gasteiger partial charge in [0.15, 0.2) is 5.16 Å². The van der Waals surface area contributed by atoms with E-state index >= 15 is 0 Å². The number of nitrogens with one attached hydrogen (secondary N) is 1. The second-order valence-corrected chi connectivity index (χ2v) is 7.38. The first kappa shape index (κ1) is 18.2. The van der Waals surface area contributed by atoms with Gasteiger partial charge in [-0.1, -0.05) is 55.4 Å². The number of anilines is 1. The number of carbonyl (C=O) groups excluding carboxylic acids is 1. The molecule has 0 spiro atoms. The minimum atomic E-state index is -0.0641. The van der Waals surface area contributed by atoms with E-state index in [4.69, 9.17) is 0 Å². The van der Waals surface area contributed by atoms with E-state index in [0.717, 1.165) is 11.4 Å². The average molecular weight is 366 g/mol. The van der Waals surface area contributed by atoms with Gasteiger partial charge in [-0.3, -0.25) is 9.36 Å². The number of thioether (sulfide) groups is 1. The van der Waals surface area contributed by atoms with Gasteiger partial charge in [0.1, 0.15) is 6.33 Å². The molecule has 1 aromatic heterocycles. The van der Waals surface area contributed by atoms with E-state index in [1.807, 2.05) is 60.0 Å². The normalized spacial score (nSPS) is 10.9. The predicted octanol–water partition coefficient (Wildman–Crippen LogP) is 4.43. The van der Waals surface area contributed by atoms with Gasteiger partial charge in [-0.25, -0.2) is 0 Å². The Balaban J connectivity index is 1.60. The largest absolute Gasteiger partial charge is 0.325 e. The van der Waals surface area contributed by atoms with Crippen LogP contribution in [0.5, 0.6) is 0 Å². The maximum Gasteiger partial charge on any atom is 0.234 e. The predicted molar refractivity (Wildman–Crippen MR) is 106 cm³/mol. The number of hydrogen-bond acceptors (Lipinski definition) is 4. The summed E-state index contributed by atoms with van der Waals surface area (Å²) in [4.78, 5) is 12.2. The van der Waals surface area contributed by atoms with Crippen LogP contribution in [0, 0.1) is 6.92 Å². The molecule has 0 unspecified atom stereocenters. The van der Waals surface area contributed by atoms with Crippen molar-refractivity contribution in [2.45, 2.75) is 31.8 Å². The van der Waals surface area contributed by atoms with Crippen LogP contribution in [0.25, 0.3) is 5.69 Å². The lowest BCUT2D eigenvalue weighted by atomic mass is 10.0. The number of amides is 1. The van der Waals surface area contributed by atoms with Crippen molar-refractivity contribution in [3.63, 3.8) is 0 Å². The zero-order valence-corrected chi connectivity index (χ0v) is 16.0. The molecule has 3 rings (SSSR count). The third-order valence-corrected chi connectivity index (χ3v) is 4.97. The van der Waals surface area contributed by atoms with Crippen LogP contribution in [0.15, 0.2) is 60.0 Å². The van der Waals surface area contributed by atoms with E-state index in [9.17, 15) is 4.79 Å². The fraction of sp³-hybridized carbons (Fsp3) is 0.250. The van der Waals surface area contributed by atoms with Crippen molar-refractivity contribution >= 4 is 23.4 Å². The SMILES string of the molecule is Cc1ccc(-n2cnnc2SCC(=O)Nc2ccc(C(C)C)cc2)cc1. The molecule has 0 aliphatic heterocycles. The Morgan fingerprint density at radius 1 is 1.12 bits per heavy atom. The summed E-state index contributed by atoms with van der Waals surface area (Å²) in [6, 6.07) is 16.1. The molecule has 0 atom stereocenters. The van der Waals surface area contributed by atoms with Crippen LogP contribution in [0.2, 0.25) is 0 Å². The molecule has 0 aliphatic rings. The number of nitrogens with zero attached hydrogens (tertiary/aromatic N) is 3. The number of benzene rings is 2. The number of carbonyl (C=O) groups is 1. The van der Waals surface area contributed by atoms with Crippen molar-refractivity contribution in [3.8, 4) is 5.69 Å². The Kier molecular flexibility index (Phi) is 5.73. The van der Waals surface area contributed by atoms with Crippen molar-refractivity contribution in [1.29, 1.82) is 0 Å². The highest BCUT2D eigenvalue weighted by Crippen LogP contribution is 2.21. The van der Waals surface area contributed by atoms with Crippen LogP contribution in [-0.2, 0) is 4.79 Å². The summed E-state index contributed by atoms with van der Waals surface area (Å²) in [7, 11) is 0. The molecular formula is C20H22N4OS. The van der Waals surface area contributed by atoms with E-state index in [-0.39, 0.29) is 11.7 Å². The Morgan fingerprint density at radius 3 is 2.46 bits per heavy atom. The molecular weight excluding hydrogens is 344 g/mol. The average Bonchev–Trinajstić information content (AvgIpc) is 3.09. The lowest BCUT2D eigenvalue weighted by Gasteiger charge is -2.09. The van der Waals surface area contributed by atoms with Gasteiger partial charge in [-0.2, -0.15) is 0 Å². The first-order valence-corrected chi connectivity index (χ1v) is 9.51. The minimum Gasteiger partial charge on any atom is -0.325 e. The molecule has 0 radical (unpaired) electrons. The number of rotatable bonds is 6. The first-order chi connectivity index (χ1) is 12.5. The van der Waals surface area contributed by atoms with Crippen molar-refractivity contribution in [2.24, 2.45) is 0 Å². The number of aromatic nitrogens is 3. The molecule has 26 heavy (non-hydrogen) atoms. The topological polar surface area (TPSA) is 59.8 Å². The maximum atomic E-state index is 12.2. The van der Waals surface area contributed by atoms with Gasteiger partial charge in [0.05, 0.1) is 5.75 Å². The van der Waals surface area contributed by atoms with E-state index < -0.39 is 0 Å². The van der Waals surface area contributed by atoms with E-state index in [2.05, 4.69) is 29.4 Å². The Bertz CT molecular complexity index is 870. The Hall–Kier alpha value is -2.60. The summed E-state index contributed by atoms with van der Waals surface area (Å²) in [5.74, 6) is 0.686. The van der Waals surface area contributed by atoms with E-state index in [1.165, 1.54) is 22.9 Å². The number of hydrogen-bond donors (Lipinski definition) is 1. The zero-order chi connectivity index (χ0) is 18.5. The third-order valence-electron chi connectivity index (χ3n) is 4.02. The minimum absolute atomic E-state index is 0.0641. The molecule has 1 heterocycles. The molecule has 0 fully saturated rings. The molecule has 0 saturated heterocycles. The van der Waals surface area contributed by atoms with Crippen LogP contribution < -0.4 is 5.32 Å². The lowest BCUT2D eigenvalue weighted by Crippen LogP contribution is -2.14. The van der Waals surface area contributed by atoms with Gasteiger partial charge >= 0.3 is 0 Å². The molecule has 2 aromatic carbocycles. The van der Waals surface area contributed by atoms with Gasteiger partial charge < -0.3 is 5.32 Å². The molecule has 5 nitrogen and oxygen atoms in total. The molecule has 6 heteroatoms. The van der Waals surface area contributed by atoms with Crippen molar-refractivity contribution in [2.75, 3.05) is 11.1 Å². The molecule has 134 valence electrons. The van der Waals surface area contributed by atoms with E-state index in [0.29, 0.717) is 11.1 Å². The molecule has 0 bridgehead atoms. The quantitative estimate of drug-likeness (QED) is 0.656. The summed E-state index contributed by atoms with van der Waals surface area (Å²) in [6.07, 6.45) is 1.66. The van der Waals surface area contributed by atoms with Gasteiger partial charge in [-0.15, -0.1) is 10.2 Å². The van der Waals surface area contributed by atoms with Crippen LogP contribution in [0.4, 0.5) is 5.69 Å². The highest BCUT2D eigenvalue weighted by atomic mass is 32.2. The first-order valence-electron chi connectivity index (χ1n) is 8.52. The Morgan fingerprint density at radius 2 is 1.81 bits per heavy atom. The zero-order valence-electron chi connectivity index (χ0n) is 15.1. The highest BCUT2D eigenvalue weighted by molar-refractivity contribution is 7.99. The second-order valence-electron chi connectivity index (χ2n) is 6.43. The molecule has 0 saturated carbocycles. The molecule has 1 amide bonds. The summed E-state index contributed by atoms with van der Waals surface area (Å²) in [5.41, 5.74) is 4.23.